The Morgan fingerprint density at radius 1 is 1.25 bits per heavy atom. The standard InChI is InChI=1S/C16H18N2O2/c19-16(10-4-5-15-14(8-10)17-9-20-15)11-6-12-2-1-3-13(7-11)18-12/h4-5,8-9,11-13,18H,1-3,6-7H2. The molecular weight excluding hydrogens is 252 g/mol. The molecule has 0 aliphatic carbocycles. The van der Waals surface area contributed by atoms with Gasteiger partial charge in [0.1, 0.15) is 5.52 Å². The fraction of sp³-hybridized carbons (Fsp3) is 0.500. The van der Waals surface area contributed by atoms with Gasteiger partial charge >= 0.3 is 0 Å². The molecule has 1 aromatic heterocycles. The number of nitrogens with one attached hydrogen (secondary N) is 1. The third kappa shape index (κ3) is 2.04. The van der Waals surface area contributed by atoms with E-state index in [1.54, 1.807) is 0 Å². The van der Waals surface area contributed by atoms with Gasteiger partial charge in [-0.2, -0.15) is 0 Å². The highest BCUT2D eigenvalue weighted by molar-refractivity contribution is 6.00. The number of rotatable bonds is 2. The molecule has 2 aromatic rings. The van der Waals surface area contributed by atoms with Crippen LogP contribution in [0.5, 0.6) is 0 Å². The van der Waals surface area contributed by atoms with Gasteiger partial charge in [0, 0.05) is 23.6 Å². The van der Waals surface area contributed by atoms with Crippen LogP contribution in [0.2, 0.25) is 0 Å². The first-order chi connectivity index (χ1) is 9.79. The number of carbonyl (C=O) groups is 1. The molecule has 3 heterocycles. The van der Waals surface area contributed by atoms with Crippen LogP contribution in [0, 0.1) is 5.92 Å². The van der Waals surface area contributed by atoms with Crippen LogP contribution in [0.4, 0.5) is 0 Å². The molecule has 4 rings (SSSR count). The molecule has 2 unspecified atom stereocenters. The predicted molar refractivity (Wildman–Crippen MR) is 75.6 cm³/mol. The maximum atomic E-state index is 12.7. The minimum atomic E-state index is 0.163. The molecule has 4 nitrogen and oxygen atoms in total. The summed E-state index contributed by atoms with van der Waals surface area (Å²) < 4.78 is 5.23. The molecule has 104 valence electrons. The monoisotopic (exact) mass is 270 g/mol. The highest BCUT2D eigenvalue weighted by Gasteiger charge is 2.34. The highest BCUT2D eigenvalue weighted by Crippen LogP contribution is 2.32. The molecule has 2 atom stereocenters. The van der Waals surface area contributed by atoms with Gasteiger partial charge in [0.25, 0.3) is 0 Å². The number of nitrogens with zero attached hydrogens (tertiary/aromatic N) is 1. The summed E-state index contributed by atoms with van der Waals surface area (Å²) in [6.45, 7) is 0. The smallest absolute Gasteiger partial charge is 0.181 e. The Morgan fingerprint density at radius 2 is 2.05 bits per heavy atom. The van der Waals surface area contributed by atoms with Crippen LogP contribution in [-0.2, 0) is 0 Å². The number of Topliss-reactive ketones (excluding diaryl/α,β-unsaturated/α-hetero) is 1. The quantitative estimate of drug-likeness (QED) is 0.852. The second-order valence-corrected chi connectivity index (χ2v) is 6.06. The van der Waals surface area contributed by atoms with Crippen molar-refractivity contribution in [1.82, 2.24) is 10.3 Å². The lowest BCUT2D eigenvalue weighted by molar-refractivity contribution is 0.0825. The van der Waals surface area contributed by atoms with Crippen LogP contribution in [0.15, 0.2) is 29.0 Å². The van der Waals surface area contributed by atoms with Crippen molar-refractivity contribution in [2.45, 2.75) is 44.2 Å². The fourth-order valence-corrected chi connectivity index (χ4v) is 3.73. The molecule has 1 N–H and O–H groups in total. The maximum absolute atomic E-state index is 12.7. The van der Waals surface area contributed by atoms with Gasteiger partial charge < -0.3 is 9.73 Å². The highest BCUT2D eigenvalue weighted by atomic mass is 16.3. The van der Waals surface area contributed by atoms with E-state index in [1.807, 2.05) is 18.2 Å². The normalized spacial score (nSPS) is 29.5. The van der Waals surface area contributed by atoms with E-state index in [1.165, 1.54) is 25.7 Å². The molecule has 0 radical (unpaired) electrons. The van der Waals surface area contributed by atoms with E-state index in [0.717, 1.165) is 29.5 Å². The Labute approximate surface area is 117 Å². The zero-order chi connectivity index (χ0) is 13.5. The van der Waals surface area contributed by atoms with Crippen LogP contribution in [0.3, 0.4) is 0 Å². The van der Waals surface area contributed by atoms with Crippen molar-refractivity contribution in [3.05, 3.63) is 30.2 Å². The number of aromatic nitrogens is 1. The van der Waals surface area contributed by atoms with Crippen molar-refractivity contribution in [3.63, 3.8) is 0 Å². The van der Waals surface area contributed by atoms with Crippen molar-refractivity contribution in [3.8, 4) is 0 Å². The van der Waals surface area contributed by atoms with Crippen LogP contribution < -0.4 is 5.32 Å². The number of hydrogen-bond donors (Lipinski definition) is 1. The Balaban J connectivity index is 1.59. The van der Waals surface area contributed by atoms with Gasteiger partial charge in [-0.05, 0) is 43.9 Å². The Hall–Kier alpha value is -1.68. The summed E-state index contributed by atoms with van der Waals surface area (Å²) in [6.07, 6.45) is 7.10. The lowest BCUT2D eigenvalue weighted by Crippen LogP contribution is -2.50. The molecule has 2 bridgehead atoms. The second-order valence-electron chi connectivity index (χ2n) is 6.06. The van der Waals surface area contributed by atoms with E-state index >= 15 is 0 Å². The molecule has 1 aromatic carbocycles. The molecule has 2 aliphatic heterocycles. The van der Waals surface area contributed by atoms with E-state index in [0.29, 0.717) is 12.1 Å². The Morgan fingerprint density at radius 3 is 2.85 bits per heavy atom. The van der Waals surface area contributed by atoms with Crippen molar-refractivity contribution in [1.29, 1.82) is 0 Å². The number of hydrogen-bond acceptors (Lipinski definition) is 4. The van der Waals surface area contributed by atoms with Gasteiger partial charge in [0.05, 0.1) is 0 Å². The number of fused-ring (bicyclic) bond motifs is 3. The van der Waals surface area contributed by atoms with Crippen LogP contribution >= 0.6 is 0 Å². The van der Waals surface area contributed by atoms with Crippen LogP contribution in [-0.4, -0.2) is 22.9 Å². The van der Waals surface area contributed by atoms with E-state index in [9.17, 15) is 4.79 Å². The molecular formula is C16H18N2O2. The first kappa shape index (κ1) is 12.1. The molecule has 2 fully saturated rings. The van der Waals surface area contributed by atoms with Crippen molar-refractivity contribution >= 4 is 16.9 Å². The van der Waals surface area contributed by atoms with Gasteiger partial charge in [-0.3, -0.25) is 4.79 Å². The molecule has 4 heteroatoms. The predicted octanol–water partition coefficient (Wildman–Crippen LogP) is 2.93. The summed E-state index contributed by atoms with van der Waals surface area (Å²) in [5.41, 5.74) is 2.28. The number of ketones is 1. The number of benzene rings is 1. The van der Waals surface area contributed by atoms with Gasteiger partial charge in [0.15, 0.2) is 17.8 Å². The van der Waals surface area contributed by atoms with E-state index in [4.69, 9.17) is 4.42 Å². The number of carbonyl (C=O) groups excluding carboxylic acids is 1. The van der Waals surface area contributed by atoms with E-state index in [-0.39, 0.29) is 11.7 Å². The zero-order valence-electron chi connectivity index (χ0n) is 11.3. The number of piperidine rings is 2. The van der Waals surface area contributed by atoms with E-state index in [2.05, 4.69) is 10.3 Å². The van der Waals surface area contributed by atoms with Crippen molar-refractivity contribution < 1.29 is 9.21 Å². The van der Waals surface area contributed by atoms with Crippen LogP contribution in [0.1, 0.15) is 42.5 Å². The Kier molecular flexibility index (Phi) is 2.84. The number of oxazole rings is 1. The van der Waals surface area contributed by atoms with Gasteiger partial charge in [0.2, 0.25) is 0 Å². The van der Waals surface area contributed by atoms with Gasteiger partial charge in [-0.15, -0.1) is 0 Å². The van der Waals surface area contributed by atoms with Crippen LogP contribution in [0.25, 0.3) is 11.1 Å². The second kappa shape index (κ2) is 4.70. The Bertz CT molecular complexity index is 637. The lowest BCUT2D eigenvalue weighted by Gasteiger charge is -2.39. The summed E-state index contributed by atoms with van der Waals surface area (Å²) in [4.78, 5) is 16.8. The third-order valence-electron chi connectivity index (χ3n) is 4.70. The molecule has 0 amide bonds. The topological polar surface area (TPSA) is 55.1 Å². The average Bonchev–Trinajstić information content (AvgIpc) is 2.93. The third-order valence-corrected chi connectivity index (χ3v) is 4.70. The summed E-state index contributed by atoms with van der Waals surface area (Å²) in [7, 11) is 0. The summed E-state index contributed by atoms with van der Waals surface area (Å²) in [5.74, 6) is 0.434. The minimum Gasteiger partial charge on any atom is -0.443 e. The summed E-state index contributed by atoms with van der Waals surface area (Å²) in [5, 5.41) is 3.64. The first-order valence-electron chi connectivity index (χ1n) is 7.43. The zero-order valence-corrected chi connectivity index (χ0v) is 11.3. The molecule has 0 saturated carbocycles. The first-order valence-corrected chi connectivity index (χ1v) is 7.43. The van der Waals surface area contributed by atoms with E-state index < -0.39 is 0 Å². The van der Waals surface area contributed by atoms with Gasteiger partial charge in [-0.25, -0.2) is 4.98 Å². The molecule has 0 spiro atoms. The SMILES string of the molecule is O=C(c1ccc2ocnc2c1)C1CC2CCCC(C1)N2. The van der Waals surface area contributed by atoms with Crippen molar-refractivity contribution in [2.75, 3.05) is 0 Å². The minimum absolute atomic E-state index is 0.163. The largest absolute Gasteiger partial charge is 0.443 e. The average molecular weight is 270 g/mol. The van der Waals surface area contributed by atoms with Crippen molar-refractivity contribution in [2.24, 2.45) is 5.92 Å². The van der Waals surface area contributed by atoms with Gasteiger partial charge in [-0.1, -0.05) is 6.42 Å². The summed E-state index contributed by atoms with van der Waals surface area (Å²) in [6, 6.07) is 6.64. The lowest BCUT2D eigenvalue weighted by atomic mass is 9.77. The molecule has 2 saturated heterocycles. The molecule has 20 heavy (non-hydrogen) atoms. The fourth-order valence-electron chi connectivity index (χ4n) is 3.73. The maximum Gasteiger partial charge on any atom is 0.181 e. The molecule has 2 aliphatic rings. The summed E-state index contributed by atoms with van der Waals surface area (Å²) >= 11 is 0.